The molecule has 30 heavy (non-hydrogen) atoms. The number of ether oxygens (including phenoxy) is 1. The van der Waals surface area contributed by atoms with Gasteiger partial charge in [-0.2, -0.15) is 5.10 Å². The van der Waals surface area contributed by atoms with Crippen molar-refractivity contribution in [2.75, 3.05) is 6.54 Å². The molecule has 2 aromatic carbocycles. The van der Waals surface area contributed by atoms with Gasteiger partial charge in [0.05, 0.1) is 11.4 Å². The minimum Gasteiger partial charge on any atom is -0.439 e. The molecule has 0 saturated heterocycles. The maximum Gasteiger partial charge on any atom is 0.226 e. The Morgan fingerprint density at radius 3 is 2.53 bits per heavy atom. The number of aromatic nitrogens is 2. The number of aryl methyl sites for hydroxylation is 2. The first-order valence-electron chi connectivity index (χ1n) is 10.8. The first kappa shape index (κ1) is 20.2. The Hall–Kier alpha value is -3.08. The van der Waals surface area contributed by atoms with E-state index in [1.165, 1.54) is 18.4 Å². The number of rotatable bonds is 9. The van der Waals surface area contributed by atoms with Gasteiger partial charge in [0.1, 0.15) is 5.75 Å². The van der Waals surface area contributed by atoms with Gasteiger partial charge in [0.25, 0.3) is 0 Å². The second-order valence-electron chi connectivity index (χ2n) is 7.99. The second-order valence-corrected chi connectivity index (χ2v) is 7.99. The molecule has 5 heteroatoms. The molecule has 0 atom stereocenters. The molecule has 1 fully saturated rings. The van der Waals surface area contributed by atoms with Crippen LogP contribution in [0.3, 0.4) is 0 Å². The third-order valence-corrected chi connectivity index (χ3v) is 5.48. The highest BCUT2D eigenvalue weighted by Gasteiger charge is 2.23. The van der Waals surface area contributed by atoms with E-state index in [1.54, 1.807) is 0 Å². The third kappa shape index (κ3) is 4.90. The van der Waals surface area contributed by atoms with Crippen molar-refractivity contribution in [2.24, 2.45) is 5.92 Å². The van der Waals surface area contributed by atoms with Gasteiger partial charge in [-0.05, 0) is 62.8 Å². The van der Waals surface area contributed by atoms with Crippen molar-refractivity contribution < 1.29 is 9.53 Å². The number of amides is 1. The number of nitrogens with one attached hydrogen (secondary N) is 1. The number of carbonyl (C=O) groups excluding carboxylic acids is 1. The molecular weight excluding hydrogens is 374 g/mol. The van der Waals surface area contributed by atoms with Crippen LogP contribution >= 0.6 is 0 Å². The summed E-state index contributed by atoms with van der Waals surface area (Å²) in [6, 6.07) is 18.0. The van der Waals surface area contributed by atoms with E-state index < -0.39 is 0 Å². The smallest absolute Gasteiger partial charge is 0.226 e. The number of hydrogen-bond acceptors (Lipinski definition) is 3. The third-order valence-electron chi connectivity index (χ3n) is 5.48. The Morgan fingerprint density at radius 2 is 1.87 bits per heavy atom. The normalized spacial score (nSPS) is 13.3. The average molecular weight is 404 g/mol. The van der Waals surface area contributed by atoms with Crippen LogP contribution in [0, 0.1) is 12.8 Å². The van der Waals surface area contributed by atoms with Gasteiger partial charge in [-0.15, -0.1) is 0 Å². The molecule has 4 rings (SSSR count). The zero-order chi connectivity index (χ0) is 20.9. The van der Waals surface area contributed by atoms with Crippen LogP contribution in [0.4, 0.5) is 0 Å². The molecule has 1 N–H and O–H groups in total. The van der Waals surface area contributed by atoms with Crippen molar-refractivity contribution in [1.82, 2.24) is 15.1 Å². The Kier molecular flexibility index (Phi) is 6.17. The summed E-state index contributed by atoms with van der Waals surface area (Å²) < 4.78 is 8.20. The zero-order valence-corrected chi connectivity index (χ0v) is 17.7. The molecule has 0 spiro atoms. The van der Waals surface area contributed by atoms with Crippen LogP contribution in [-0.4, -0.2) is 22.2 Å². The summed E-state index contributed by atoms with van der Waals surface area (Å²) in [5.74, 6) is 2.23. The Labute approximate surface area is 178 Å². The molecular formula is C25H29N3O2. The topological polar surface area (TPSA) is 56.2 Å². The van der Waals surface area contributed by atoms with Gasteiger partial charge < -0.3 is 10.1 Å². The fourth-order valence-electron chi connectivity index (χ4n) is 3.49. The van der Waals surface area contributed by atoms with Gasteiger partial charge in [-0.1, -0.05) is 42.8 Å². The summed E-state index contributed by atoms with van der Waals surface area (Å²) in [6.45, 7) is 4.94. The minimum absolute atomic E-state index is 0.0951. The molecule has 0 bridgehead atoms. The molecule has 1 aliphatic rings. The van der Waals surface area contributed by atoms with Crippen LogP contribution in [0.5, 0.6) is 11.6 Å². The highest BCUT2D eigenvalue weighted by molar-refractivity contribution is 5.76. The van der Waals surface area contributed by atoms with Crippen LogP contribution < -0.4 is 10.1 Å². The first-order valence-corrected chi connectivity index (χ1v) is 10.8. The van der Waals surface area contributed by atoms with Gasteiger partial charge in [0.2, 0.25) is 11.8 Å². The van der Waals surface area contributed by atoms with Crippen molar-refractivity contribution in [2.45, 2.75) is 46.0 Å². The van der Waals surface area contributed by atoms with E-state index in [4.69, 9.17) is 9.84 Å². The van der Waals surface area contributed by atoms with E-state index in [0.29, 0.717) is 24.6 Å². The minimum atomic E-state index is 0.0951. The molecule has 0 unspecified atom stereocenters. The van der Waals surface area contributed by atoms with E-state index in [0.717, 1.165) is 35.7 Å². The van der Waals surface area contributed by atoms with Crippen LogP contribution in [0.2, 0.25) is 0 Å². The highest BCUT2D eigenvalue weighted by Crippen LogP contribution is 2.32. The Balaban J connectivity index is 1.62. The van der Waals surface area contributed by atoms with Gasteiger partial charge >= 0.3 is 0 Å². The molecule has 1 heterocycles. The van der Waals surface area contributed by atoms with Gasteiger partial charge in [0.15, 0.2) is 0 Å². The lowest BCUT2D eigenvalue weighted by molar-refractivity contribution is -0.121. The monoisotopic (exact) mass is 403 g/mol. The van der Waals surface area contributed by atoms with Crippen molar-refractivity contribution in [3.63, 3.8) is 0 Å². The summed E-state index contributed by atoms with van der Waals surface area (Å²) in [4.78, 5) is 12.4. The van der Waals surface area contributed by atoms with Gasteiger partial charge in [-0.25, -0.2) is 4.68 Å². The SMILES string of the molecule is CCc1nn(-c2ccccc2)c(Oc2ccc(C)cc2)c1CCC(=O)NCC1CC1. The van der Waals surface area contributed by atoms with E-state index in [9.17, 15) is 4.79 Å². The van der Waals surface area contributed by atoms with Crippen LogP contribution in [0.25, 0.3) is 5.69 Å². The summed E-state index contributed by atoms with van der Waals surface area (Å²) in [5, 5.41) is 7.89. The molecule has 0 aliphatic heterocycles. The predicted octanol–water partition coefficient (Wildman–Crippen LogP) is 4.99. The van der Waals surface area contributed by atoms with E-state index in [1.807, 2.05) is 59.3 Å². The Morgan fingerprint density at radius 1 is 1.13 bits per heavy atom. The van der Waals surface area contributed by atoms with Crippen LogP contribution in [0.1, 0.15) is 43.0 Å². The second kappa shape index (κ2) is 9.16. The quantitative estimate of drug-likeness (QED) is 0.547. The van der Waals surface area contributed by atoms with Crippen LogP contribution in [0.15, 0.2) is 54.6 Å². The molecule has 156 valence electrons. The van der Waals surface area contributed by atoms with E-state index in [-0.39, 0.29) is 5.91 Å². The molecule has 0 radical (unpaired) electrons. The summed E-state index contributed by atoms with van der Waals surface area (Å²) in [6.07, 6.45) is 4.29. The maximum atomic E-state index is 12.4. The lowest BCUT2D eigenvalue weighted by atomic mass is 10.1. The van der Waals surface area contributed by atoms with Gasteiger partial charge in [-0.3, -0.25) is 4.79 Å². The number of hydrogen-bond donors (Lipinski definition) is 1. The summed E-state index contributed by atoms with van der Waals surface area (Å²) in [7, 11) is 0. The molecule has 1 aromatic heterocycles. The summed E-state index contributed by atoms with van der Waals surface area (Å²) in [5.41, 5.74) is 4.10. The van der Waals surface area contributed by atoms with E-state index in [2.05, 4.69) is 19.2 Å². The summed E-state index contributed by atoms with van der Waals surface area (Å²) >= 11 is 0. The molecule has 1 amide bonds. The maximum absolute atomic E-state index is 12.4. The van der Waals surface area contributed by atoms with Gasteiger partial charge in [0, 0.05) is 18.5 Å². The van der Waals surface area contributed by atoms with Crippen LogP contribution in [-0.2, 0) is 17.6 Å². The standard InChI is InChI=1S/C25H29N3O2/c1-3-23-22(15-16-24(29)26-17-19-11-12-19)25(30-21-13-9-18(2)10-14-21)28(27-23)20-7-5-4-6-8-20/h4-10,13-14,19H,3,11-12,15-17H2,1-2H3,(H,26,29). The fraction of sp³-hybridized carbons (Fsp3) is 0.360. The lowest BCUT2D eigenvalue weighted by Gasteiger charge is -2.12. The average Bonchev–Trinajstić information content (AvgIpc) is 3.54. The van der Waals surface area contributed by atoms with Crippen molar-refractivity contribution in [1.29, 1.82) is 0 Å². The number of nitrogens with zero attached hydrogens (tertiary/aromatic N) is 2. The number of carbonyl (C=O) groups is 1. The molecule has 1 saturated carbocycles. The molecule has 3 aromatic rings. The lowest BCUT2D eigenvalue weighted by Crippen LogP contribution is -2.25. The highest BCUT2D eigenvalue weighted by atomic mass is 16.5. The number of para-hydroxylation sites is 1. The predicted molar refractivity (Wildman–Crippen MR) is 118 cm³/mol. The van der Waals surface area contributed by atoms with Crippen molar-refractivity contribution in [3.8, 4) is 17.3 Å². The van der Waals surface area contributed by atoms with Crippen molar-refractivity contribution in [3.05, 3.63) is 71.4 Å². The zero-order valence-electron chi connectivity index (χ0n) is 17.7. The van der Waals surface area contributed by atoms with E-state index >= 15 is 0 Å². The number of benzene rings is 2. The Bertz CT molecular complexity index is 989. The molecule has 5 nitrogen and oxygen atoms in total. The van der Waals surface area contributed by atoms with Crippen molar-refractivity contribution >= 4 is 5.91 Å². The first-order chi connectivity index (χ1) is 14.6. The fourth-order valence-corrected chi connectivity index (χ4v) is 3.49. The largest absolute Gasteiger partial charge is 0.439 e. The molecule has 1 aliphatic carbocycles.